The van der Waals surface area contributed by atoms with Crippen molar-refractivity contribution in [1.82, 2.24) is 5.32 Å². The van der Waals surface area contributed by atoms with Gasteiger partial charge in [0, 0.05) is 6.42 Å². The Bertz CT molecular complexity index is 2030. The van der Waals surface area contributed by atoms with Gasteiger partial charge in [-0.2, -0.15) is 0 Å². The van der Waals surface area contributed by atoms with Crippen molar-refractivity contribution in [3.05, 3.63) is 85.1 Å². The zero-order valence-corrected chi connectivity index (χ0v) is 57.7. The SMILES string of the molecule is CC/C=C\C/C=C\C/C=C\C/C=C\CCCCCCCCCCCCCCCCCCCCCCCCC(=O)NC(COC1OC(CO)C(OC2OC(CO)C(OC3OC(CO)C(O)C(O)C3O)C(O)C2O)C(O)C1O)C(O)/C=C/CC/C=C/CC/C=C/CCCCCC. The molecule has 3 heterocycles. The monoisotopic (exact) mass is 1330 g/mol. The van der Waals surface area contributed by atoms with E-state index in [-0.39, 0.29) is 18.9 Å². The fraction of sp³-hybridized carbons (Fsp3) is 0.800. The molecule has 0 saturated carbocycles. The zero-order chi connectivity index (χ0) is 68.2. The third-order valence-corrected chi connectivity index (χ3v) is 17.9. The summed E-state index contributed by atoms with van der Waals surface area (Å²) in [5.74, 6) is -0.289. The number of carbonyl (C=O) groups excluding carboxylic acids is 1. The molecule has 12 N–H and O–H groups in total. The van der Waals surface area contributed by atoms with Crippen molar-refractivity contribution in [2.24, 2.45) is 0 Å². The molecule has 3 saturated heterocycles. The second-order valence-corrected chi connectivity index (χ2v) is 26.0. The van der Waals surface area contributed by atoms with Gasteiger partial charge in [-0.1, -0.05) is 247 Å². The van der Waals surface area contributed by atoms with Gasteiger partial charge in [-0.15, -0.1) is 0 Å². The molecule has 3 aliphatic heterocycles. The van der Waals surface area contributed by atoms with Gasteiger partial charge in [-0.25, -0.2) is 0 Å². The van der Waals surface area contributed by atoms with Crippen LogP contribution in [0.4, 0.5) is 0 Å². The van der Waals surface area contributed by atoms with Crippen LogP contribution in [0.3, 0.4) is 0 Å². The van der Waals surface area contributed by atoms with Crippen LogP contribution in [0.2, 0.25) is 0 Å². The maximum Gasteiger partial charge on any atom is 0.220 e. The van der Waals surface area contributed by atoms with Gasteiger partial charge in [0.2, 0.25) is 5.91 Å². The molecule has 17 unspecified atom stereocenters. The normalized spacial score (nSPS) is 27.9. The Labute approximate surface area is 565 Å². The lowest BCUT2D eigenvalue weighted by molar-refractivity contribution is -0.379. The molecule has 0 radical (unpaired) electrons. The van der Waals surface area contributed by atoms with Gasteiger partial charge < -0.3 is 89.9 Å². The Kier molecular flexibility index (Phi) is 50.6. The van der Waals surface area contributed by atoms with Crippen LogP contribution in [0.1, 0.15) is 251 Å². The molecule has 0 aromatic carbocycles. The molecule has 0 aromatic rings. The van der Waals surface area contributed by atoms with Crippen molar-refractivity contribution in [3.63, 3.8) is 0 Å². The number of rotatable bonds is 56. The largest absolute Gasteiger partial charge is 0.394 e. The molecule has 3 rings (SSSR count). The van der Waals surface area contributed by atoms with Gasteiger partial charge in [-0.05, 0) is 83.5 Å². The van der Waals surface area contributed by atoms with Crippen LogP contribution in [0.25, 0.3) is 0 Å². The minimum absolute atomic E-state index is 0.231. The highest BCUT2D eigenvalue weighted by molar-refractivity contribution is 5.76. The quantitative estimate of drug-likeness (QED) is 0.0199. The molecule has 17 atom stereocenters. The molecule has 94 heavy (non-hydrogen) atoms. The minimum atomic E-state index is -1.98. The van der Waals surface area contributed by atoms with Crippen molar-refractivity contribution in [1.29, 1.82) is 0 Å². The van der Waals surface area contributed by atoms with Gasteiger partial charge in [0.15, 0.2) is 18.9 Å². The number of hydrogen-bond acceptors (Lipinski definition) is 18. The van der Waals surface area contributed by atoms with Gasteiger partial charge in [0.25, 0.3) is 0 Å². The lowest BCUT2D eigenvalue weighted by Gasteiger charge is -2.48. The molecule has 0 aliphatic carbocycles. The number of hydrogen-bond donors (Lipinski definition) is 12. The molecule has 1 amide bonds. The number of amides is 1. The third kappa shape index (κ3) is 36.7. The van der Waals surface area contributed by atoms with Crippen LogP contribution < -0.4 is 5.32 Å². The maximum atomic E-state index is 13.4. The lowest BCUT2D eigenvalue weighted by atomic mass is 9.96. The van der Waals surface area contributed by atoms with E-state index in [0.717, 1.165) is 70.6 Å². The van der Waals surface area contributed by atoms with Gasteiger partial charge in [0.05, 0.1) is 38.6 Å². The number of unbranched alkanes of at least 4 members (excludes halogenated alkanes) is 28. The first kappa shape index (κ1) is 85.2. The van der Waals surface area contributed by atoms with Crippen LogP contribution in [0.15, 0.2) is 85.1 Å². The number of carbonyl (C=O) groups is 1. The summed E-state index contributed by atoms with van der Waals surface area (Å²) in [6.07, 6.45) is 45.9. The molecule has 19 heteroatoms. The smallest absolute Gasteiger partial charge is 0.220 e. The van der Waals surface area contributed by atoms with E-state index in [1.807, 2.05) is 6.08 Å². The molecule has 0 spiro atoms. The summed E-state index contributed by atoms with van der Waals surface area (Å²) < 4.78 is 34.3. The highest BCUT2D eigenvalue weighted by atomic mass is 16.8. The number of aliphatic hydroxyl groups excluding tert-OH is 11. The fourth-order valence-electron chi connectivity index (χ4n) is 12.0. The van der Waals surface area contributed by atoms with E-state index < -0.39 is 124 Å². The molecule has 3 fully saturated rings. The Morgan fingerprint density at radius 2 is 0.745 bits per heavy atom. The van der Waals surface area contributed by atoms with Crippen LogP contribution in [0, 0.1) is 0 Å². The first-order valence-electron chi connectivity index (χ1n) is 36.8. The van der Waals surface area contributed by atoms with Crippen molar-refractivity contribution in [3.8, 4) is 0 Å². The predicted octanol–water partition coefficient (Wildman–Crippen LogP) is 10.7. The predicted molar refractivity (Wildman–Crippen MR) is 369 cm³/mol. The minimum Gasteiger partial charge on any atom is -0.394 e. The zero-order valence-electron chi connectivity index (χ0n) is 57.7. The molecule has 544 valence electrons. The average Bonchev–Trinajstić information content (AvgIpc) is 0.792. The number of ether oxygens (including phenoxy) is 6. The molecular weight excluding hydrogens is 1200 g/mol. The van der Waals surface area contributed by atoms with E-state index in [0.29, 0.717) is 12.8 Å². The summed E-state index contributed by atoms with van der Waals surface area (Å²) >= 11 is 0. The van der Waals surface area contributed by atoms with E-state index in [4.69, 9.17) is 28.4 Å². The van der Waals surface area contributed by atoms with Crippen LogP contribution in [-0.4, -0.2) is 193 Å². The molecule has 19 nitrogen and oxygen atoms in total. The fourth-order valence-corrected chi connectivity index (χ4v) is 12.0. The summed E-state index contributed by atoms with van der Waals surface area (Å²) in [5.41, 5.74) is 0. The Balaban J connectivity index is 1.34. The summed E-state index contributed by atoms with van der Waals surface area (Å²) in [5, 5.41) is 120. The molecule has 3 aliphatic rings. The van der Waals surface area contributed by atoms with Gasteiger partial charge >= 0.3 is 0 Å². The highest BCUT2D eigenvalue weighted by Gasteiger charge is 2.53. The topological polar surface area (TPSA) is 307 Å². The highest BCUT2D eigenvalue weighted by Crippen LogP contribution is 2.33. The van der Waals surface area contributed by atoms with E-state index >= 15 is 0 Å². The van der Waals surface area contributed by atoms with Crippen LogP contribution in [0.5, 0.6) is 0 Å². The summed E-state index contributed by atoms with van der Waals surface area (Å²) in [6, 6.07) is -0.998. The summed E-state index contributed by atoms with van der Waals surface area (Å²) in [6.45, 7) is 1.57. The molecule has 0 bridgehead atoms. The van der Waals surface area contributed by atoms with Gasteiger partial charge in [0.1, 0.15) is 73.2 Å². The standard InChI is InChI=1S/C75H131NO18/c1-3-5-7-9-11-13-15-17-19-20-21-22-23-24-25-26-27-28-29-30-31-32-33-34-35-36-37-38-39-41-43-45-47-49-51-53-63(81)76-58(59(80)52-50-48-46-44-42-40-18-16-14-12-10-8-6-4-2)57-89-73-69(87)66(84)71(61(55-78)91-73)94-75-70(88)67(85)72(62(56-79)92-75)93-74-68(86)65(83)64(82)60(54-77)90-74/h5,7,11,13-14,16-17,19,21-22,42,44,50,52,58-62,64-75,77-80,82-88H,3-4,6,8-10,12,15,18,20,23-41,43,45-49,51,53-57H2,1-2H3,(H,76,81)/b7-5-,13-11-,16-14+,19-17-,22-21-,44-42+,52-50+. The molecule has 0 aromatic heterocycles. The average molecular weight is 1330 g/mol. The second kappa shape index (κ2) is 55.8. The van der Waals surface area contributed by atoms with Crippen LogP contribution in [-0.2, 0) is 33.2 Å². The first-order chi connectivity index (χ1) is 45.8. The van der Waals surface area contributed by atoms with Crippen LogP contribution >= 0.6 is 0 Å². The van der Waals surface area contributed by atoms with Crippen molar-refractivity contribution >= 4 is 5.91 Å². The van der Waals surface area contributed by atoms with Gasteiger partial charge in [-0.3, -0.25) is 4.79 Å². The van der Waals surface area contributed by atoms with E-state index in [9.17, 15) is 61.0 Å². The lowest BCUT2D eigenvalue weighted by Crippen LogP contribution is -2.66. The Hall–Kier alpha value is -3.03. The number of allylic oxidation sites excluding steroid dienone is 13. The maximum absolute atomic E-state index is 13.4. The Morgan fingerprint density at radius 1 is 0.394 bits per heavy atom. The second-order valence-electron chi connectivity index (χ2n) is 26.0. The number of nitrogens with one attached hydrogen (secondary N) is 1. The van der Waals surface area contributed by atoms with E-state index in [1.165, 1.54) is 148 Å². The van der Waals surface area contributed by atoms with E-state index in [2.05, 4.69) is 92.1 Å². The Morgan fingerprint density at radius 3 is 1.19 bits per heavy atom. The van der Waals surface area contributed by atoms with Crippen molar-refractivity contribution in [2.45, 2.75) is 356 Å². The van der Waals surface area contributed by atoms with E-state index in [1.54, 1.807) is 6.08 Å². The summed E-state index contributed by atoms with van der Waals surface area (Å²) in [7, 11) is 0. The summed E-state index contributed by atoms with van der Waals surface area (Å²) in [4.78, 5) is 13.4. The van der Waals surface area contributed by atoms with Crippen molar-refractivity contribution in [2.75, 3.05) is 26.4 Å². The number of aliphatic hydroxyl groups is 11. The third-order valence-electron chi connectivity index (χ3n) is 17.9. The van der Waals surface area contributed by atoms with Crippen molar-refractivity contribution < 1.29 is 89.4 Å². The first-order valence-corrected chi connectivity index (χ1v) is 36.8. The molecular formula is C75H131NO18.